The van der Waals surface area contributed by atoms with Gasteiger partial charge in [0.05, 0.1) is 11.5 Å². The van der Waals surface area contributed by atoms with E-state index >= 15 is 0 Å². The normalized spacial score (nSPS) is 13.6. The Labute approximate surface area is 108 Å². The van der Waals surface area contributed by atoms with Crippen molar-refractivity contribution in [1.29, 1.82) is 0 Å². The summed E-state index contributed by atoms with van der Waals surface area (Å²) >= 11 is 0. The van der Waals surface area contributed by atoms with Gasteiger partial charge in [-0.3, -0.25) is 0 Å². The van der Waals surface area contributed by atoms with E-state index in [1.807, 2.05) is 6.92 Å². The second-order valence-corrected chi connectivity index (χ2v) is 6.23. The maximum Gasteiger partial charge on any atom is 0.241 e. The maximum atomic E-state index is 12.2. The minimum atomic E-state index is -3.66. The molecular weight excluding hydrogens is 252 g/mol. The number of anilines is 1. The third-order valence-corrected chi connectivity index (χ3v) is 4.74. The zero-order valence-corrected chi connectivity index (χ0v) is 11.9. The lowest BCUT2D eigenvalue weighted by Crippen LogP contribution is -2.35. The molecular formula is C12H20N2O3S. The molecule has 0 amide bonds. The molecule has 0 spiro atoms. The molecule has 102 valence electrons. The number of nitrogens with one attached hydrogen (secondary N) is 1. The second kappa shape index (κ2) is 5.26. The van der Waals surface area contributed by atoms with Gasteiger partial charge in [-0.1, -0.05) is 6.07 Å². The Kier molecular flexibility index (Phi) is 4.37. The number of rotatable bonds is 4. The number of aliphatic hydroxyl groups is 1. The summed E-state index contributed by atoms with van der Waals surface area (Å²) in [6, 6.07) is 1.22. The van der Waals surface area contributed by atoms with Gasteiger partial charge in [0.2, 0.25) is 10.0 Å². The van der Waals surface area contributed by atoms with Gasteiger partial charge >= 0.3 is 0 Å². The lowest BCUT2D eigenvalue weighted by atomic mass is 10.1. The van der Waals surface area contributed by atoms with Gasteiger partial charge in [-0.15, -0.1) is 0 Å². The quantitative estimate of drug-likeness (QED) is 0.709. The first-order valence-corrected chi connectivity index (χ1v) is 7.18. The van der Waals surface area contributed by atoms with Crippen LogP contribution in [0.25, 0.3) is 0 Å². The van der Waals surface area contributed by atoms with Crippen molar-refractivity contribution in [2.75, 3.05) is 12.3 Å². The lowest BCUT2D eigenvalue weighted by Gasteiger charge is -2.17. The summed E-state index contributed by atoms with van der Waals surface area (Å²) in [5.74, 6) is 0. The van der Waals surface area contributed by atoms with Crippen LogP contribution >= 0.6 is 0 Å². The number of nitrogens with two attached hydrogens (primary N) is 1. The van der Waals surface area contributed by atoms with Crippen LogP contribution in [0.3, 0.4) is 0 Å². The molecule has 0 heterocycles. The Bertz CT molecular complexity index is 553. The highest BCUT2D eigenvalue weighted by Crippen LogP contribution is 2.27. The summed E-state index contributed by atoms with van der Waals surface area (Å²) < 4.78 is 26.9. The zero-order chi connectivity index (χ0) is 14.1. The van der Waals surface area contributed by atoms with E-state index in [0.29, 0.717) is 16.8 Å². The molecule has 6 heteroatoms. The van der Waals surface area contributed by atoms with Gasteiger partial charge in [-0.25, -0.2) is 13.1 Å². The van der Waals surface area contributed by atoms with E-state index in [1.54, 1.807) is 26.8 Å². The highest BCUT2D eigenvalue weighted by molar-refractivity contribution is 7.89. The van der Waals surface area contributed by atoms with Crippen LogP contribution in [0, 0.1) is 20.8 Å². The van der Waals surface area contributed by atoms with Gasteiger partial charge in [0, 0.05) is 11.7 Å². The molecule has 1 aromatic rings. The van der Waals surface area contributed by atoms with Crippen molar-refractivity contribution in [3.8, 4) is 0 Å². The summed E-state index contributed by atoms with van der Waals surface area (Å²) in [5.41, 5.74) is 8.41. The van der Waals surface area contributed by atoms with E-state index in [1.165, 1.54) is 0 Å². The van der Waals surface area contributed by atoms with E-state index in [0.717, 1.165) is 5.56 Å². The summed E-state index contributed by atoms with van der Waals surface area (Å²) in [6.45, 7) is 6.61. The molecule has 1 aromatic carbocycles. The van der Waals surface area contributed by atoms with Crippen molar-refractivity contribution in [3.63, 3.8) is 0 Å². The molecule has 0 saturated carbocycles. The van der Waals surface area contributed by atoms with Crippen LogP contribution in [0.4, 0.5) is 5.69 Å². The van der Waals surface area contributed by atoms with Gasteiger partial charge in [-0.2, -0.15) is 0 Å². The summed E-state index contributed by atoms with van der Waals surface area (Å²) in [5, 5.41) is 8.93. The Balaban J connectivity index is 3.38. The molecule has 0 aliphatic heterocycles. The maximum absolute atomic E-state index is 12.2. The van der Waals surface area contributed by atoms with Crippen LogP contribution in [0.5, 0.6) is 0 Å². The number of nitrogen functional groups attached to an aromatic ring is 1. The van der Waals surface area contributed by atoms with Crippen molar-refractivity contribution in [2.24, 2.45) is 0 Å². The fourth-order valence-corrected chi connectivity index (χ4v) is 3.67. The van der Waals surface area contributed by atoms with Crippen molar-refractivity contribution in [3.05, 3.63) is 22.8 Å². The van der Waals surface area contributed by atoms with Crippen molar-refractivity contribution < 1.29 is 13.5 Å². The zero-order valence-electron chi connectivity index (χ0n) is 11.1. The highest BCUT2D eigenvalue weighted by atomic mass is 32.2. The summed E-state index contributed by atoms with van der Waals surface area (Å²) in [6.07, 6.45) is 0. The Morgan fingerprint density at radius 1 is 1.33 bits per heavy atom. The van der Waals surface area contributed by atoms with Crippen LogP contribution in [-0.4, -0.2) is 26.2 Å². The molecule has 0 fully saturated rings. The molecule has 4 N–H and O–H groups in total. The molecule has 0 saturated heterocycles. The van der Waals surface area contributed by atoms with Gasteiger partial charge in [0.1, 0.15) is 0 Å². The molecule has 5 nitrogen and oxygen atoms in total. The standard InChI is InChI=1S/C12H20N2O3S/c1-7-5-8(2)12(10(4)11(7)13)18(16,17)14-9(3)6-15/h5,9,14-15H,6,13H2,1-4H3. The number of aliphatic hydroxyl groups excluding tert-OH is 1. The van der Waals surface area contributed by atoms with E-state index in [-0.39, 0.29) is 11.5 Å². The largest absolute Gasteiger partial charge is 0.398 e. The van der Waals surface area contributed by atoms with Gasteiger partial charge < -0.3 is 10.8 Å². The van der Waals surface area contributed by atoms with E-state index in [2.05, 4.69) is 4.72 Å². The average molecular weight is 272 g/mol. The minimum absolute atomic E-state index is 0.200. The highest BCUT2D eigenvalue weighted by Gasteiger charge is 2.23. The Morgan fingerprint density at radius 3 is 2.39 bits per heavy atom. The van der Waals surface area contributed by atoms with Crippen LogP contribution in [0.1, 0.15) is 23.6 Å². The van der Waals surface area contributed by atoms with Gasteiger partial charge in [-0.05, 0) is 44.4 Å². The lowest BCUT2D eigenvalue weighted by molar-refractivity contribution is 0.265. The van der Waals surface area contributed by atoms with Crippen molar-refractivity contribution >= 4 is 15.7 Å². The fraction of sp³-hybridized carbons (Fsp3) is 0.500. The smallest absolute Gasteiger partial charge is 0.241 e. The Hall–Kier alpha value is -1.11. The molecule has 0 bridgehead atoms. The first kappa shape index (κ1) is 14.9. The fourth-order valence-electron chi connectivity index (χ4n) is 1.96. The SMILES string of the molecule is Cc1cc(C)c(S(=O)(=O)NC(C)CO)c(C)c1N. The first-order chi connectivity index (χ1) is 8.20. The molecule has 0 aliphatic carbocycles. The molecule has 1 atom stereocenters. The average Bonchev–Trinajstić information content (AvgIpc) is 2.24. The van der Waals surface area contributed by atoms with E-state index < -0.39 is 16.1 Å². The number of benzene rings is 1. The van der Waals surface area contributed by atoms with Crippen LogP contribution in [0.15, 0.2) is 11.0 Å². The third-order valence-electron chi connectivity index (χ3n) is 2.86. The van der Waals surface area contributed by atoms with Crippen molar-refractivity contribution in [2.45, 2.75) is 38.6 Å². The second-order valence-electron chi connectivity index (χ2n) is 4.58. The number of aryl methyl sites for hydroxylation is 2. The monoisotopic (exact) mass is 272 g/mol. The summed E-state index contributed by atoms with van der Waals surface area (Å²) in [4.78, 5) is 0.200. The van der Waals surface area contributed by atoms with Gasteiger partial charge in [0.15, 0.2) is 0 Å². The number of sulfonamides is 1. The van der Waals surface area contributed by atoms with Crippen LogP contribution < -0.4 is 10.5 Å². The topological polar surface area (TPSA) is 92.4 Å². The molecule has 0 radical (unpaired) electrons. The predicted molar refractivity (Wildman–Crippen MR) is 71.9 cm³/mol. The van der Waals surface area contributed by atoms with Crippen LogP contribution in [-0.2, 0) is 10.0 Å². The Morgan fingerprint density at radius 2 is 1.89 bits per heavy atom. The number of hydrogen-bond acceptors (Lipinski definition) is 4. The van der Waals surface area contributed by atoms with Crippen LogP contribution in [0.2, 0.25) is 0 Å². The summed E-state index contributed by atoms with van der Waals surface area (Å²) in [7, 11) is -3.66. The first-order valence-electron chi connectivity index (χ1n) is 5.70. The van der Waals surface area contributed by atoms with E-state index in [4.69, 9.17) is 10.8 Å². The molecule has 0 aliphatic rings. The molecule has 1 unspecified atom stereocenters. The molecule has 18 heavy (non-hydrogen) atoms. The molecule has 1 rings (SSSR count). The van der Waals surface area contributed by atoms with Crippen molar-refractivity contribution in [1.82, 2.24) is 4.72 Å². The number of hydrogen-bond donors (Lipinski definition) is 3. The molecule has 0 aromatic heterocycles. The van der Waals surface area contributed by atoms with Gasteiger partial charge in [0.25, 0.3) is 0 Å². The van der Waals surface area contributed by atoms with E-state index in [9.17, 15) is 8.42 Å². The third kappa shape index (κ3) is 2.82. The predicted octanol–water partition coefficient (Wildman–Crippen LogP) is 0.853. The minimum Gasteiger partial charge on any atom is -0.398 e.